The Labute approximate surface area is 114 Å². The van der Waals surface area contributed by atoms with E-state index in [-0.39, 0.29) is 0 Å². The van der Waals surface area contributed by atoms with Crippen molar-refractivity contribution in [2.45, 2.75) is 32.6 Å². The summed E-state index contributed by atoms with van der Waals surface area (Å²) in [6.07, 6.45) is 5.37. The fourth-order valence-corrected chi connectivity index (χ4v) is 2.39. The highest BCUT2D eigenvalue weighted by molar-refractivity contribution is 5.62. The van der Waals surface area contributed by atoms with E-state index in [4.69, 9.17) is 5.26 Å². The van der Waals surface area contributed by atoms with Gasteiger partial charge in [0, 0.05) is 18.2 Å². The number of nitriles is 1. The highest BCUT2D eigenvalue weighted by atomic mass is 15.1. The van der Waals surface area contributed by atoms with E-state index in [9.17, 15) is 0 Å². The lowest BCUT2D eigenvalue weighted by molar-refractivity contribution is 0.451. The Morgan fingerprint density at radius 3 is 2.84 bits per heavy atom. The Bertz CT molecular complexity index is 552. The molecule has 2 unspecified atom stereocenters. The molecule has 0 saturated heterocycles. The van der Waals surface area contributed by atoms with E-state index in [0.29, 0.717) is 18.3 Å². The Morgan fingerprint density at radius 2 is 2.21 bits per heavy atom. The molecule has 0 fully saturated rings. The maximum atomic E-state index is 9.03. The summed E-state index contributed by atoms with van der Waals surface area (Å²) >= 11 is 0. The van der Waals surface area contributed by atoms with Crippen LogP contribution in [-0.4, -0.2) is 10.2 Å². The van der Waals surface area contributed by atoms with Gasteiger partial charge < -0.3 is 0 Å². The lowest BCUT2D eigenvalue weighted by atomic mass is 9.83. The van der Waals surface area contributed by atoms with Crippen LogP contribution < -0.4 is 0 Å². The van der Waals surface area contributed by atoms with Gasteiger partial charge in [0.05, 0.1) is 12.3 Å². The quantitative estimate of drug-likeness (QED) is 0.871. The van der Waals surface area contributed by atoms with E-state index in [0.717, 1.165) is 17.5 Å². The smallest absolute Gasteiger partial charge is 0.0628 e. The van der Waals surface area contributed by atoms with Crippen LogP contribution in [0.3, 0.4) is 0 Å². The second-order valence-corrected chi connectivity index (χ2v) is 4.97. The van der Waals surface area contributed by atoms with E-state index < -0.39 is 0 Å². The van der Waals surface area contributed by atoms with Crippen LogP contribution in [0.25, 0.3) is 11.1 Å². The van der Waals surface area contributed by atoms with Gasteiger partial charge in [0.25, 0.3) is 0 Å². The van der Waals surface area contributed by atoms with Gasteiger partial charge in [0.1, 0.15) is 0 Å². The zero-order valence-corrected chi connectivity index (χ0v) is 11.4. The van der Waals surface area contributed by atoms with Crippen LogP contribution in [0.4, 0.5) is 0 Å². The molecule has 2 atom stereocenters. The molecule has 1 heterocycles. The van der Waals surface area contributed by atoms with Gasteiger partial charge in [-0.15, -0.1) is 0 Å². The van der Waals surface area contributed by atoms with Crippen molar-refractivity contribution in [2.75, 3.05) is 0 Å². The summed E-state index contributed by atoms with van der Waals surface area (Å²) in [5, 5.41) is 15.8. The molecule has 1 aromatic heterocycles. The normalized spacial score (nSPS) is 13.7. The average Bonchev–Trinajstić information content (AvgIpc) is 2.98. The van der Waals surface area contributed by atoms with Gasteiger partial charge in [0.15, 0.2) is 0 Å². The van der Waals surface area contributed by atoms with Crippen molar-refractivity contribution in [3.05, 3.63) is 42.2 Å². The first kappa shape index (κ1) is 13.4. The Hall–Kier alpha value is -2.08. The first-order chi connectivity index (χ1) is 9.26. The molecule has 0 bridgehead atoms. The minimum Gasteiger partial charge on any atom is -0.285 e. The van der Waals surface area contributed by atoms with Crippen molar-refractivity contribution >= 4 is 0 Å². The maximum absolute atomic E-state index is 9.03. The standard InChI is InChI=1S/C16H19N3/c1-3-12(2)16(7-8-17)14-6-4-5-13(9-14)15-10-18-19-11-15/h4-6,9-12,16H,3,7H2,1-2H3,(H,18,19). The first-order valence-corrected chi connectivity index (χ1v) is 6.72. The average molecular weight is 253 g/mol. The summed E-state index contributed by atoms with van der Waals surface area (Å²) in [6.45, 7) is 4.39. The van der Waals surface area contributed by atoms with Crippen molar-refractivity contribution in [2.24, 2.45) is 5.92 Å². The molecule has 0 radical (unpaired) electrons. The second kappa shape index (κ2) is 6.19. The van der Waals surface area contributed by atoms with E-state index >= 15 is 0 Å². The number of nitrogens with zero attached hydrogens (tertiary/aromatic N) is 2. The zero-order valence-electron chi connectivity index (χ0n) is 11.4. The van der Waals surface area contributed by atoms with Crippen LogP contribution in [0.1, 0.15) is 38.2 Å². The molecular weight excluding hydrogens is 234 g/mol. The van der Waals surface area contributed by atoms with Gasteiger partial charge >= 0.3 is 0 Å². The molecule has 0 saturated carbocycles. The third-order valence-electron chi connectivity index (χ3n) is 3.79. The van der Waals surface area contributed by atoms with Crippen molar-refractivity contribution in [1.82, 2.24) is 10.2 Å². The molecule has 0 amide bonds. The molecular formula is C16H19N3. The van der Waals surface area contributed by atoms with Gasteiger partial charge in [-0.25, -0.2) is 0 Å². The number of aromatic amines is 1. The summed E-state index contributed by atoms with van der Waals surface area (Å²) in [5.74, 6) is 0.820. The van der Waals surface area contributed by atoms with Crippen molar-refractivity contribution < 1.29 is 0 Å². The molecule has 0 aliphatic carbocycles. The molecule has 0 aliphatic rings. The highest BCUT2D eigenvalue weighted by Crippen LogP contribution is 2.32. The molecule has 3 nitrogen and oxygen atoms in total. The van der Waals surface area contributed by atoms with E-state index in [1.165, 1.54) is 5.56 Å². The van der Waals surface area contributed by atoms with E-state index in [2.05, 4.69) is 54.4 Å². The van der Waals surface area contributed by atoms with Crippen molar-refractivity contribution in [1.29, 1.82) is 5.26 Å². The molecule has 0 aliphatic heterocycles. The number of rotatable bonds is 5. The lowest BCUT2D eigenvalue weighted by Gasteiger charge is -2.21. The summed E-state index contributed by atoms with van der Waals surface area (Å²) in [7, 11) is 0. The van der Waals surface area contributed by atoms with Crippen LogP contribution in [0.15, 0.2) is 36.7 Å². The zero-order chi connectivity index (χ0) is 13.7. The molecule has 0 spiro atoms. The number of nitrogens with one attached hydrogen (secondary N) is 1. The predicted molar refractivity (Wildman–Crippen MR) is 76.4 cm³/mol. The third kappa shape index (κ3) is 3.03. The molecule has 19 heavy (non-hydrogen) atoms. The van der Waals surface area contributed by atoms with Crippen molar-refractivity contribution in [3.8, 4) is 17.2 Å². The number of hydrogen-bond donors (Lipinski definition) is 1. The summed E-state index contributed by atoms with van der Waals surface area (Å²) in [5.41, 5.74) is 3.48. The fourth-order valence-electron chi connectivity index (χ4n) is 2.39. The monoisotopic (exact) mass is 253 g/mol. The summed E-state index contributed by atoms with van der Waals surface area (Å²) < 4.78 is 0. The molecule has 2 rings (SSSR count). The van der Waals surface area contributed by atoms with Gasteiger partial charge in [-0.05, 0) is 23.0 Å². The summed E-state index contributed by atoms with van der Waals surface area (Å²) in [4.78, 5) is 0. The molecule has 1 aromatic carbocycles. The number of aromatic nitrogens is 2. The van der Waals surface area contributed by atoms with Crippen LogP contribution in [-0.2, 0) is 0 Å². The summed E-state index contributed by atoms with van der Waals surface area (Å²) in [6, 6.07) is 10.8. The fraction of sp³-hybridized carbons (Fsp3) is 0.375. The number of hydrogen-bond acceptors (Lipinski definition) is 2. The van der Waals surface area contributed by atoms with E-state index in [1.807, 2.05) is 12.4 Å². The topological polar surface area (TPSA) is 52.5 Å². The molecule has 98 valence electrons. The Balaban J connectivity index is 2.33. The maximum Gasteiger partial charge on any atom is 0.0628 e. The van der Waals surface area contributed by atoms with Crippen LogP contribution >= 0.6 is 0 Å². The highest BCUT2D eigenvalue weighted by Gasteiger charge is 2.18. The minimum absolute atomic E-state index is 0.307. The number of H-pyrrole nitrogens is 1. The molecule has 2 aromatic rings. The SMILES string of the molecule is CCC(C)C(CC#N)c1cccc(-c2cn[nH]c2)c1. The van der Waals surface area contributed by atoms with Gasteiger partial charge in [-0.2, -0.15) is 10.4 Å². The minimum atomic E-state index is 0.307. The van der Waals surface area contributed by atoms with Gasteiger partial charge in [-0.1, -0.05) is 44.5 Å². The van der Waals surface area contributed by atoms with Gasteiger partial charge in [-0.3, -0.25) is 5.10 Å². The predicted octanol–water partition coefficient (Wildman–Crippen LogP) is 4.12. The van der Waals surface area contributed by atoms with Crippen LogP contribution in [0.2, 0.25) is 0 Å². The largest absolute Gasteiger partial charge is 0.285 e. The number of benzene rings is 1. The van der Waals surface area contributed by atoms with Gasteiger partial charge in [0.2, 0.25) is 0 Å². The second-order valence-electron chi connectivity index (χ2n) is 4.97. The Morgan fingerprint density at radius 1 is 1.37 bits per heavy atom. The van der Waals surface area contributed by atoms with E-state index in [1.54, 1.807) is 0 Å². The van der Waals surface area contributed by atoms with Crippen molar-refractivity contribution in [3.63, 3.8) is 0 Å². The molecule has 1 N–H and O–H groups in total. The lowest BCUT2D eigenvalue weighted by Crippen LogP contribution is -2.08. The van der Waals surface area contributed by atoms with Crippen LogP contribution in [0.5, 0.6) is 0 Å². The molecule has 3 heteroatoms. The van der Waals surface area contributed by atoms with Crippen LogP contribution in [0, 0.1) is 17.2 Å². The third-order valence-corrected chi connectivity index (χ3v) is 3.79. The Kier molecular flexibility index (Phi) is 4.35. The first-order valence-electron chi connectivity index (χ1n) is 6.72.